The first-order valence-electron chi connectivity index (χ1n) is 8.31. The average molecular weight is 443 g/mol. The molecule has 2 aromatic rings. The molecule has 7 heteroatoms. The van der Waals surface area contributed by atoms with Crippen LogP contribution in [0.5, 0.6) is 11.5 Å². The Balaban J connectivity index is 2.20. The Labute approximate surface area is 166 Å². The van der Waals surface area contributed by atoms with Crippen molar-refractivity contribution in [2.75, 3.05) is 18.5 Å². The van der Waals surface area contributed by atoms with Gasteiger partial charge in [0.2, 0.25) is 0 Å². The fraction of sp³-hybridized carbons (Fsp3) is 0.316. The Kier molecular flexibility index (Phi) is 7.60. The van der Waals surface area contributed by atoms with Crippen LogP contribution in [0.25, 0.3) is 0 Å². The third kappa shape index (κ3) is 5.29. The van der Waals surface area contributed by atoms with E-state index in [1.165, 1.54) is 6.07 Å². The SMILES string of the molecule is CCCOc1cc(Br)c(CNc2ccc(Cl)c(C(=O)O)c2)cc1OCC. The number of carboxylic acids is 1. The summed E-state index contributed by atoms with van der Waals surface area (Å²) in [7, 11) is 0. The normalized spacial score (nSPS) is 10.5. The van der Waals surface area contributed by atoms with Crippen LogP contribution in [-0.2, 0) is 6.54 Å². The van der Waals surface area contributed by atoms with E-state index in [4.69, 9.17) is 26.2 Å². The highest BCUT2D eigenvalue weighted by atomic mass is 79.9. The lowest BCUT2D eigenvalue weighted by Gasteiger charge is -2.15. The highest BCUT2D eigenvalue weighted by Crippen LogP contribution is 2.34. The predicted octanol–water partition coefficient (Wildman–Crippen LogP) is 5.60. The molecule has 5 nitrogen and oxygen atoms in total. The van der Waals surface area contributed by atoms with Crippen LogP contribution in [0.4, 0.5) is 5.69 Å². The molecular weight excluding hydrogens is 422 g/mol. The van der Waals surface area contributed by atoms with Crippen molar-refractivity contribution in [2.24, 2.45) is 0 Å². The summed E-state index contributed by atoms with van der Waals surface area (Å²) in [6.07, 6.45) is 0.912. The molecule has 0 fully saturated rings. The largest absolute Gasteiger partial charge is 0.490 e. The number of anilines is 1. The number of aromatic carboxylic acids is 1. The number of nitrogens with one attached hydrogen (secondary N) is 1. The standard InChI is InChI=1S/C19H21BrClNO4/c1-3-7-26-18-10-15(20)12(8-17(18)25-4-2)11-22-13-5-6-16(21)14(9-13)19(23)24/h5-6,8-10,22H,3-4,7,11H2,1-2H3,(H,23,24). The summed E-state index contributed by atoms with van der Waals surface area (Å²) in [5.41, 5.74) is 1.70. The Bertz CT molecular complexity index is 782. The number of hydrogen-bond donors (Lipinski definition) is 2. The second-order valence-corrected chi connectivity index (χ2v) is 6.79. The van der Waals surface area contributed by atoms with E-state index in [1.807, 2.05) is 26.0 Å². The molecule has 0 radical (unpaired) electrons. The van der Waals surface area contributed by atoms with Crippen molar-refractivity contribution in [2.45, 2.75) is 26.8 Å². The summed E-state index contributed by atoms with van der Waals surface area (Å²) in [6, 6.07) is 8.63. The van der Waals surface area contributed by atoms with E-state index in [-0.39, 0.29) is 10.6 Å². The van der Waals surface area contributed by atoms with E-state index in [0.29, 0.717) is 36.9 Å². The van der Waals surface area contributed by atoms with Crippen molar-refractivity contribution in [1.82, 2.24) is 0 Å². The highest BCUT2D eigenvalue weighted by Gasteiger charge is 2.12. The summed E-state index contributed by atoms with van der Waals surface area (Å²) < 4.78 is 12.3. The van der Waals surface area contributed by atoms with Gasteiger partial charge in [-0.15, -0.1) is 0 Å². The predicted molar refractivity (Wildman–Crippen MR) is 107 cm³/mol. The molecule has 0 aliphatic heterocycles. The molecule has 0 aliphatic carbocycles. The molecule has 0 aromatic heterocycles. The molecule has 0 amide bonds. The molecule has 2 rings (SSSR count). The summed E-state index contributed by atoms with van der Waals surface area (Å²) >= 11 is 9.46. The zero-order valence-corrected chi connectivity index (χ0v) is 17.0. The van der Waals surface area contributed by atoms with Crippen LogP contribution < -0.4 is 14.8 Å². The lowest BCUT2D eigenvalue weighted by Crippen LogP contribution is -2.05. The molecule has 26 heavy (non-hydrogen) atoms. The van der Waals surface area contributed by atoms with Gasteiger partial charge >= 0.3 is 5.97 Å². The van der Waals surface area contributed by atoms with Crippen LogP contribution in [0.3, 0.4) is 0 Å². The van der Waals surface area contributed by atoms with Gasteiger partial charge < -0.3 is 19.9 Å². The molecule has 0 saturated heterocycles. The maximum absolute atomic E-state index is 11.2. The van der Waals surface area contributed by atoms with Gasteiger partial charge in [0.25, 0.3) is 0 Å². The number of halogens is 2. The molecule has 0 aliphatic rings. The molecule has 2 N–H and O–H groups in total. The number of ether oxygens (including phenoxy) is 2. The van der Waals surface area contributed by atoms with E-state index in [2.05, 4.69) is 21.2 Å². The van der Waals surface area contributed by atoms with Crippen LogP contribution in [0.15, 0.2) is 34.8 Å². The van der Waals surface area contributed by atoms with Crippen molar-refractivity contribution >= 4 is 39.2 Å². The van der Waals surface area contributed by atoms with Crippen LogP contribution in [0.1, 0.15) is 36.2 Å². The monoisotopic (exact) mass is 441 g/mol. The van der Waals surface area contributed by atoms with Crippen molar-refractivity contribution in [3.8, 4) is 11.5 Å². The molecular formula is C19H21BrClNO4. The molecule has 0 bridgehead atoms. The number of carboxylic acid groups (broad SMARTS) is 1. The molecule has 0 atom stereocenters. The maximum atomic E-state index is 11.2. The number of benzene rings is 2. The summed E-state index contributed by atoms with van der Waals surface area (Å²) in [5.74, 6) is 0.322. The number of hydrogen-bond acceptors (Lipinski definition) is 4. The van der Waals surface area contributed by atoms with E-state index in [9.17, 15) is 4.79 Å². The van der Waals surface area contributed by atoms with E-state index in [0.717, 1.165) is 16.5 Å². The molecule has 0 saturated carbocycles. The Hall–Kier alpha value is -1.92. The zero-order chi connectivity index (χ0) is 19.1. The fourth-order valence-corrected chi connectivity index (χ4v) is 2.96. The molecule has 2 aromatic carbocycles. The van der Waals surface area contributed by atoms with Crippen LogP contribution in [0, 0.1) is 0 Å². The lowest BCUT2D eigenvalue weighted by atomic mass is 10.1. The molecule has 0 spiro atoms. The van der Waals surface area contributed by atoms with Gasteiger partial charge in [0.1, 0.15) is 0 Å². The highest BCUT2D eigenvalue weighted by molar-refractivity contribution is 9.10. The molecule has 0 unspecified atom stereocenters. The zero-order valence-electron chi connectivity index (χ0n) is 14.6. The van der Waals surface area contributed by atoms with Crippen molar-refractivity contribution < 1.29 is 19.4 Å². The minimum absolute atomic E-state index is 0.0639. The second-order valence-electron chi connectivity index (χ2n) is 5.53. The number of carbonyl (C=O) groups is 1. The first-order valence-corrected chi connectivity index (χ1v) is 9.48. The van der Waals surface area contributed by atoms with E-state index in [1.54, 1.807) is 12.1 Å². The first kappa shape index (κ1) is 20.4. The minimum atomic E-state index is -1.06. The summed E-state index contributed by atoms with van der Waals surface area (Å²) in [6.45, 7) is 5.61. The maximum Gasteiger partial charge on any atom is 0.337 e. The first-order chi connectivity index (χ1) is 12.5. The smallest absolute Gasteiger partial charge is 0.337 e. The fourth-order valence-electron chi connectivity index (χ4n) is 2.30. The third-order valence-corrected chi connectivity index (χ3v) is 4.62. The third-order valence-electron chi connectivity index (χ3n) is 3.55. The number of rotatable bonds is 9. The van der Waals surface area contributed by atoms with E-state index >= 15 is 0 Å². The van der Waals surface area contributed by atoms with Gasteiger partial charge in [-0.2, -0.15) is 0 Å². The van der Waals surface area contributed by atoms with Crippen LogP contribution in [-0.4, -0.2) is 24.3 Å². The Morgan fingerprint density at radius 1 is 1.19 bits per heavy atom. The van der Waals surface area contributed by atoms with Gasteiger partial charge in [0, 0.05) is 16.7 Å². The minimum Gasteiger partial charge on any atom is -0.490 e. The Morgan fingerprint density at radius 3 is 2.58 bits per heavy atom. The van der Waals surface area contributed by atoms with Crippen LogP contribution in [0.2, 0.25) is 5.02 Å². The molecule has 140 valence electrons. The van der Waals surface area contributed by atoms with Crippen molar-refractivity contribution in [3.63, 3.8) is 0 Å². The van der Waals surface area contributed by atoms with Crippen LogP contribution >= 0.6 is 27.5 Å². The van der Waals surface area contributed by atoms with Gasteiger partial charge in [0.05, 0.1) is 23.8 Å². The molecule has 0 heterocycles. The van der Waals surface area contributed by atoms with Gasteiger partial charge in [-0.25, -0.2) is 4.79 Å². The topological polar surface area (TPSA) is 67.8 Å². The van der Waals surface area contributed by atoms with Gasteiger partial charge in [0.15, 0.2) is 11.5 Å². The van der Waals surface area contributed by atoms with Gasteiger partial charge in [-0.1, -0.05) is 34.5 Å². The van der Waals surface area contributed by atoms with Crippen molar-refractivity contribution in [3.05, 3.63) is 51.0 Å². The van der Waals surface area contributed by atoms with Gasteiger partial charge in [-0.05, 0) is 49.2 Å². The van der Waals surface area contributed by atoms with Gasteiger partial charge in [-0.3, -0.25) is 0 Å². The second kappa shape index (κ2) is 9.69. The lowest BCUT2D eigenvalue weighted by molar-refractivity contribution is 0.0697. The van der Waals surface area contributed by atoms with E-state index < -0.39 is 5.97 Å². The quantitative estimate of drug-likeness (QED) is 0.529. The summed E-state index contributed by atoms with van der Waals surface area (Å²) in [4.78, 5) is 11.2. The average Bonchev–Trinajstić information content (AvgIpc) is 2.61. The summed E-state index contributed by atoms with van der Waals surface area (Å²) in [5, 5.41) is 12.6. The Morgan fingerprint density at radius 2 is 1.92 bits per heavy atom. The van der Waals surface area contributed by atoms with Crippen molar-refractivity contribution in [1.29, 1.82) is 0 Å².